The van der Waals surface area contributed by atoms with Gasteiger partial charge in [0.25, 0.3) is 0 Å². The van der Waals surface area contributed by atoms with Crippen molar-refractivity contribution in [1.82, 2.24) is 5.06 Å². The van der Waals surface area contributed by atoms with Crippen LogP contribution < -0.4 is 0 Å². The average molecular weight is 280 g/mol. The van der Waals surface area contributed by atoms with E-state index in [0.717, 1.165) is 11.5 Å². The van der Waals surface area contributed by atoms with Gasteiger partial charge in [-0.1, -0.05) is 39.8 Å². The minimum absolute atomic E-state index is 0.0696. The highest BCUT2D eigenvalue weighted by molar-refractivity contribution is 5.71. The zero-order valence-corrected chi connectivity index (χ0v) is 12.4. The van der Waals surface area contributed by atoms with Crippen molar-refractivity contribution in [2.75, 3.05) is 0 Å². The molecule has 0 saturated heterocycles. The van der Waals surface area contributed by atoms with Gasteiger partial charge in [0.15, 0.2) is 0 Å². The molecule has 0 spiro atoms. The molecule has 0 aromatic rings. The molecule has 0 heterocycles. The number of nitrogens with zero attached hydrogens (tertiary/aromatic N) is 1. The molecule has 5 heteroatoms. The first kappa shape index (κ1) is 16.4. The lowest BCUT2D eigenvalue weighted by Crippen LogP contribution is -2.35. The van der Waals surface area contributed by atoms with Gasteiger partial charge in [-0.25, -0.2) is 4.84 Å². The van der Waals surface area contributed by atoms with Crippen LogP contribution in [0.5, 0.6) is 0 Å². The number of hydroxylamine groups is 2. The van der Waals surface area contributed by atoms with Gasteiger partial charge < -0.3 is 4.74 Å². The van der Waals surface area contributed by atoms with E-state index in [9.17, 15) is 9.59 Å². The lowest BCUT2D eigenvalue weighted by atomic mass is 10.1. The van der Waals surface area contributed by atoms with Gasteiger partial charge >= 0.3 is 5.97 Å². The number of rotatable bonds is 7. The van der Waals surface area contributed by atoms with Crippen molar-refractivity contribution in [2.24, 2.45) is 11.8 Å². The number of allylic oxidation sites excluding steroid dienone is 3. The van der Waals surface area contributed by atoms with Gasteiger partial charge in [-0.3, -0.25) is 9.59 Å². The van der Waals surface area contributed by atoms with E-state index in [1.54, 1.807) is 19.9 Å². The van der Waals surface area contributed by atoms with Crippen molar-refractivity contribution in [3.63, 3.8) is 0 Å². The van der Waals surface area contributed by atoms with Crippen LogP contribution >= 0.6 is 0 Å². The van der Waals surface area contributed by atoms with E-state index in [0.29, 0.717) is 12.1 Å². The number of carbonyl (C=O) groups is 2. The van der Waals surface area contributed by atoms with Gasteiger partial charge in [-0.2, -0.15) is 5.06 Å². The molecule has 0 aromatic carbocycles. The fourth-order valence-electron chi connectivity index (χ4n) is 1.45. The van der Waals surface area contributed by atoms with E-state index in [-0.39, 0.29) is 17.8 Å². The molecule has 1 radical (unpaired) electrons. The zero-order chi connectivity index (χ0) is 15.1. The second-order valence-electron chi connectivity index (χ2n) is 5.20. The first-order valence-corrected chi connectivity index (χ1v) is 6.77. The molecule has 0 saturated carbocycles. The SMILES string of the molecule is CC(C)C(=O)O[C@H](ON(C=O)C1=CC[CH]C=C1)C(C)C. The van der Waals surface area contributed by atoms with Crippen molar-refractivity contribution in [3.05, 3.63) is 30.3 Å². The number of carbonyl (C=O) groups excluding carboxylic acids is 2. The summed E-state index contributed by atoms with van der Waals surface area (Å²) in [5, 5.41) is 1.10. The Kier molecular flexibility index (Phi) is 6.45. The van der Waals surface area contributed by atoms with Crippen molar-refractivity contribution in [1.29, 1.82) is 0 Å². The molecule has 1 aliphatic carbocycles. The number of amides is 1. The molecule has 0 fully saturated rings. The van der Waals surface area contributed by atoms with Crippen LogP contribution in [0.15, 0.2) is 23.9 Å². The normalized spacial score (nSPS) is 16.0. The fraction of sp³-hybridized carbons (Fsp3) is 0.533. The molecule has 1 rings (SSSR count). The lowest BCUT2D eigenvalue weighted by molar-refractivity contribution is -0.259. The van der Waals surface area contributed by atoms with Crippen LogP contribution in [0.1, 0.15) is 34.1 Å². The molecule has 20 heavy (non-hydrogen) atoms. The number of hydrogen-bond donors (Lipinski definition) is 0. The molecule has 1 aliphatic rings. The molecule has 0 aliphatic heterocycles. The Bertz CT molecular complexity index is 399. The summed E-state index contributed by atoms with van der Waals surface area (Å²) in [5.41, 5.74) is 0.633. The molecular weight excluding hydrogens is 258 g/mol. The van der Waals surface area contributed by atoms with E-state index in [2.05, 4.69) is 0 Å². The predicted octanol–water partition coefficient (Wildman–Crippen LogP) is 2.61. The van der Waals surface area contributed by atoms with E-state index in [4.69, 9.17) is 9.57 Å². The summed E-state index contributed by atoms with van der Waals surface area (Å²) >= 11 is 0. The summed E-state index contributed by atoms with van der Waals surface area (Å²) in [7, 11) is 0. The Balaban J connectivity index is 2.72. The van der Waals surface area contributed by atoms with Crippen molar-refractivity contribution < 1.29 is 19.2 Å². The Morgan fingerprint density at radius 3 is 2.50 bits per heavy atom. The summed E-state index contributed by atoms with van der Waals surface area (Å²) in [6.07, 6.45) is 7.94. The molecule has 0 unspecified atom stereocenters. The first-order chi connectivity index (χ1) is 9.45. The van der Waals surface area contributed by atoms with Crippen molar-refractivity contribution in [2.45, 2.75) is 40.4 Å². The first-order valence-electron chi connectivity index (χ1n) is 6.77. The van der Waals surface area contributed by atoms with Gasteiger partial charge in [-0.15, -0.1) is 0 Å². The highest BCUT2D eigenvalue weighted by Crippen LogP contribution is 2.18. The highest BCUT2D eigenvalue weighted by Gasteiger charge is 2.24. The second-order valence-corrected chi connectivity index (χ2v) is 5.20. The quantitative estimate of drug-likeness (QED) is 0.311. The van der Waals surface area contributed by atoms with E-state index >= 15 is 0 Å². The van der Waals surface area contributed by atoms with Gasteiger partial charge in [-0.05, 0) is 18.9 Å². The Morgan fingerprint density at radius 2 is 2.05 bits per heavy atom. The van der Waals surface area contributed by atoms with Crippen LogP contribution in [0.3, 0.4) is 0 Å². The summed E-state index contributed by atoms with van der Waals surface area (Å²) in [6, 6.07) is 0. The fourth-order valence-corrected chi connectivity index (χ4v) is 1.45. The third-order valence-corrected chi connectivity index (χ3v) is 2.68. The summed E-state index contributed by atoms with van der Waals surface area (Å²) < 4.78 is 5.28. The summed E-state index contributed by atoms with van der Waals surface area (Å²) in [5.74, 6) is -0.663. The van der Waals surface area contributed by atoms with Crippen molar-refractivity contribution in [3.8, 4) is 0 Å². The maximum Gasteiger partial charge on any atom is 0.310 e. The molecule has 1 amide bonds. The van der Waals surface area contributed by atoms with Gasteiger partial charge in [0.2, 0.25) is 12.7 Å². The lowest BCUT2D eigenvalue weighted by Gasteiger charge is -2.28. The topological polar surface area (TPSA) is 55.8 Å². The second kappa shape index (κ2) is 7.85. The molecule has 0 bridgehead atoms. The molecule has 0 aromatic heterocycles. The minimum atomic E-state index is -0.796. The van der Waals surface area contributed by atoms with Crippen LogP contribution in [0.2, 0.25) is 0 Å². The maximum atomic E-state index is 11.7. The van der Waals surface area contributed by atoms with E-state index < -0.39 is 6.29 Å². The maximum absolute atomic E-state index is 11.7. The molecule has 5 nitrogen and oxygen atoms in total. The van der Waals surface area contributed by atoms with E-state index in [1.807, 2.05) is 32.4 Å². The minimum Gasteiger partial charge on any atom is -0.433 e. The third kappa shape index (κ3) is 4.81. The number of hydrogen-bond acceptors (Lipinski definition) is 4. The largest absolute Gasteiger partial charge is 0.433 e. The Hall–Kier alpha value is -1.62. The number of esters is 1. The van der Waals surface area contributed by atoms with Gasteiger partial charge in [0.1, 0.15) is 0 Å². The van der Waals surface area contributed by atoms with Gasteiger partial charge in [0, 0.05) is 5.92 Å². The Morgan fingerprint density at radius 1 is 1.35 bits per heavy atom. The van der Waals surface area contributed by atoms with E-state index in [1.165, 1.54) is 0 Å². The van der Waals surface area contributed by atoms with Crippen LogP contribution in [0.25, 0.3) is 0 Å². The standard InChI is InChI=1S/C15H22NO4/c1-11(2)14(18)19-15(12(3)4)20-16(10-17)13-8-6-5-7-9-13/h5-6,8-12,15H,7H2,1-4H3/t15-/m1/s1. The van der Waals surface area contributed by atoms with Crippen LogP contribution in [0.4, 0.5) is 0 Å². The highest BCUT2D eigenvalue weighted by atomic mass is 16.8. The smallest absolute Gasteiger partial charge is 0.310 e. The summed E-state index contributed by atoms with van der Waals surface area (Å²) in [4.78, 5) is 28.3. The van der Waals surface area contributed by atoms with Crippen LogP contribution in [-0.2, 0) is 19.2 Å². The molecule has 111 valence electrons. The predicted molar refractivity (Wildman–Crippen MR) is 74.7 cm³/mol. The molecule has 0 N–H and O–H groups in total. The Labute approximate surface area is 120 Å². The van der Waals surface area contributed by atoms with Crippen LogP contribution in [0, 0.1) is 18.3 Å². The third-order valence-electron chi connectivity index (χ3n) is 2.68. The van der Waals surface area contributed by atoms with Gasteiger partial charge in [0.05, 0.1) is 11.6 Å². The molecule has 1 atom stereocenters. The average Bonchev–Trinajstić information content (AvgIpc) is 2.43. The molecular formula is C15H22NO4. The number of ether oxygens (including phenoxy) is 1. The summed E-state index contributed by atoms with van der Waals surface area (Å²) in [6.45, 7) is 7.22. The monoisotopic (exact) mass is 280 g/mol. The van der Waals surface area contributed by atoms with Crippen LogP contribution in [-0.4, -0.2) is 23.7 Å². The zero-order valence-electron chi connectivity index (χ0n) is 12.4. The van der Waals surface area contributed by atoms with Crippen molar-refractivity contribution >= 4 is 12.4 Å².